The fourth-order valence-electron chi connectivity index (χ4n) is 4.21. The summed E-state index contributed by atoms with van der Waals surface area (Å²) >= 11 is 1.47. The van der Waals surface area contributed by atoms with E-state index in [0.29, 0.717) is 42.2 Å². The molecule has 1 amide bonds. The molecule has 0 aliphatic carbocycles. The maximum Gasteiger partial charge on any atom is 0.246 e. The summed E-state index contributed by atoms with van der Waals surface area (Å²) in [5, 5.41) is 5.19. The lowest BCUT2D eigenvalue weighted by atomic mass is 10.1. The van der Waals surface area contributed by atoms with E-state index in [1.54, 1.807) is 21.3 Å². The minimum absolute atomic E-state index is 0.0218. The Morgan fingerprint density at radius 2 is 2.24 bits per heavy atom. The van der Waals surface area contributed by atoms with Gasteiger partial charge in [0.1, 0.15) is 36.8 Å². The van der Waals surface area contributed by atoms with Crippen LogP contribution in [-0.2, 0) is 11.4 Å². The SMILES string of the molecule is C=CC(=O)N1CCC[C@@H](n2nc(C#CCOc3cc(OCc4cncs4)ccc3F)c3c(N)ncnc32)C1. The van der Waals surface area contributed by atoms with Crippen LogP contribution >= 0.6 is 11.3 Å². The molecule has 1 aliphatic rings. The highest BCUT2D eigenvalue weighted by molar-refractivity contribution is 7.09. The van der Waals surface area contributed by atoms with Gasteiger partial charge in [-0.05, 0) is 37.0 Å². The average Bonchev–Trinajstić information content (AvgIpc) is 3.60. The largest absolute Gasteiger partial charge is 0.488 e. The van der Waals surface area contributed by atoms with Crippen molar-refractivity contribution in [3.8, 4) is 23.3 Å². The summed E-state index contributed by atoms with van der Waals surface area (Å²) in [5.74, 6) is 5.92. The smallest absolute Gasteiger partial charge is 0.246 e. The third-order valence-electron chi connectivity index (χ3n) is 6.02. The number of amides is 1. The number of halogens is 1. The molecule has 194 valence electrons. The second-order valence-electron chi connectivity index (χ2n) is 8.47. The highest BCUT2D eigenvalue weighted by Crippen LogP contribution is 2.28. The van der Waals surface area contributed by atoms with Gasteiger partial charge in [-0.3, -0.25) is 9.78 Å². The quantitative estimate of drug-likeness (QED) is 0.284. The van der Waals surface area contributed by atoms with Gasteiger partial charge in [0.05, 0.1) is 21.8 Å². The molecule has 5 rings (SSSR count). The van der Waals surface area contributed by atoms with Crippen LogP contribution in [0.25, 0.3) is 11.0 Å². The summed E-state index contributed by atoms with van der Waals surface area (Å²) in [4.78, 5) is 27.3. The van der Waals surface area contributed by atoms with Crippen LogP contribution in [0, 0.1) is 17.7 Å². The number of thiazole rings is 1. The van der Waals surface area contributed by atoms with Gasteiger partial charge in [-0.15, -0.1) is 11.3 Å². The molecule has 1 saturated heterocycles. The highest BCUT2D eigenvalue weighted by atomic mass is 32.1. The third kappa shape index (κ3) is 5.42. The van der Waals surface area contributed by atoms with Crippen LogP contribution in [0.4, 0.5) is 10.2 Å². The average molecular weight is 534 g/mol. The van der Waals surface area contributed by atoms with Gasteiger partial charge in [0.2, 0.25) is 5.91 Å². The van der Waals surface area contributed by atoms with E-state index in [4.69, 9.17) is 15.2 Å². The number of aromatic nitrogens is 5. The Labute approximate surface area is 221 Å². The van der Waals surface area contributed by atoms with Crippen molar-refractivity contribution in [1.29, 1.82) is 0 Å². The highest BCUT2D eigenvalue weighted by Gasteiger charge is 2.27. The first-order valence-corrected chi connectivity index (χ1v) is 12.7. The number of rotatable bonds is 7. The number of carbonyl (C=O) groups is 1. The number of nitrogens with two attached hydrogens (primary N) is 1. The maximum absolute atomic E-state index is 14.3. The molecule has 1 atom stereocenters. The van der Waals surface area contributed by atoms with Crippen LogP contribution in [-0.4, -0.2) is 55.2 Å². The molecule has 4 aromatic rings. The number of fused-ring (bicyclic) bond motifs is 1. The normalized spacial score (nSPS) is 15.1. The van der Waals surface area contributed by atoms with E-state index in [0.717, 1.165) is 17.7 Å². The molecule has 0 radical (unpaired) electrons. The van der Waals surface area contributed by atoms with Gasteiger partial charge >= 0.3 is 0 Å². The van der Waals surface area contributed by atoms with Crippen molar-refractivity contribution in [2.45, 2.75) is 25.5 Å². The van der Waals surface area contributed by atoms with Crippen LogP contribution in [0.1, 0.15) is 29.5 Å². The summed E-state index contributed by atoms with van der Waals surface area (Å²) in [6.07, 6.45) is 6.04. The second kappa shape index (κ2) is 11.3. The molecular weight excluding hydrogens is 509 g/mol. The van der Waals surface area contributed by atoms with Gasteiger partial charge in [-0.1, -0.05) is 12.5 Å². The van der Waals surface area contributed by atoms with E-state index < -0.39 is 5.82 Å². The molecule has 0 unspecified atom stereocenters. The lowest BCUT2D eigenvalue weighted by molar-refractivity contribution is -0.127. The Balaban J connectivity index is 1.32. The van der Waals surface area contributed by atoms with E-state index in [-0.39, 0.29) is 30.1 Å². The van der Waals surface area contributed by atoms with Crippen LogP contribution in [0.15, 0.2) is 48.9 Å². The predicted octanol–water partition coefficient (Wildman–Crippen LogP) is 3.36. The van der Waals surface area contributed by atoms with Crippen LogP contribution in [0.3, 0.4) is 0 Å². The number of piperidine rings is 1. The van der Waals surface area contributed by atoms with Crippen molar-refractivity contribution in [2.24, 2.45) is 0 Å². The van der Waals surface area contributed by atoms with Gasteiger partial charge < -0.3 is 20.1 Å². The molecule has 0 saturated carbocycles. The summed E-state index contributed by atoms with van der Waals surface area (Å²) in [6, 6.07) is 4.19. The zero-order valence-corrected chi connectivity index (χ0v) is 21.2. The zero-order chi connectivity index (χ0) is 26.5. The molecule has 2 N–H and O–H groups in total. The Kier molecular flexibility index (Phi) is 7.46. The fraction of sp³-hybridized carbons (Fsp3) is 0.269. The number of likely N-dealkylation sites (tertiary alicyclic amines) is 1. The molecule has 12 heteroatoms. The van der Waals surface area contributed by atoms with Crippen molar-refractivity contribution >= 4 is 34.1 Å². The number of hydrogen-bond acceptors (Lipinski definition) is 9. The van der Waals surface area contributed by atoms with E-state index in [9.17, 15) is 9.18 Å². The molecule has 10 nitrogen and oxygen atoms in total. The van der Waals surface area contributed by atoms with E-state index in [2.05, 4.69) is 38.5 Å². The Morgan fingerprint density at radius 3 is 3.05 bits per heavy atom. The van der Waals surface area contributed by atoms with Crippen LogP contribution in [0.2, 0.25) is 0 Å². The van der Waals surface area contributed by atoms with Crippen molar-refractivity contribution in [3.05, 3.63) is 65.3 Å². The summed E-state index contributed by atoms with van der Waals surface area (Å²) in [6.45, 7) is 4.95. The van der Waals surface area contributed by atoms with Gasteiger partial charge in [0, 0.05) is 25.4 Å². The first kappa shape index (κ1) is 25.2. The minimum atomic E-state index is -0.528. The first-order valence-electron chi connectivity index (χ1n) is 11.8. The lowest BCUT2D eigenvalue weighted by Crippen LogP contribution is -2.40. The number of ether oxygens (including phenoxy) is 2. The summed E-state index contributed by atoms with van der Waals surface area (Å²) in [7, 11) is 0. The van der Waals surface area contributed by atoms with Crippen LogP contribution < -0.4 is 15.2 Å². The Morgan fingerprint density at radius 1 is 1.34 bits per heavy atom. The molecule has 1 aromatic carbocycles. The number of hydrogen-bond donors (Lipinski definition) is 1. The van der Waals surface area contributed by atoms with Gasteiger partial charge in [-0.2, -0.15) is 5.10 Å². The topological polar surface area (TPSA) is 121 Å². The molecular formula is C26H24FN7O3S. The number of carbonyl (C=O) groups excluding carboxylic acids is 1. The third-order valence-corrected chi connectivity index (χ3v) is 6.77. The lowest BCUT2D eigenvalue weighted by Gasteiger charge is -2.32. The zero-order valence-electron chi connectivity index (χ0n) is 20.3. The molecule has 1 aliphatic heterocycles. The molecule has 38 heavy (non-hydrogen) atoms. The molecule has 1 fully saturated rings. The van der Waals surface area contributed by atoms with Crippen molar-refractivity contribution in [3.63, 3.8) is 0 Å². The minimum Gasteiger partial charge on any atom is -0.488 e. The second-order valence-corrected chi connectivity index (χ2v) is 9.45. The van der Waals surface area contributed by atoms with Crippen molar-refractivity contribution in [2.75, 3.05) is 25.4 Å². The number of nitrogens with zero attached hydrogens (tertiary/aromatic N) is 6. The number of anilines is 1. The van der Waals surface area contributed by atoms with Crippen molar-refractivity contribution < 1.29 is 18.7 Å². The first-order chi connectivity index (χ1) is 18.5. The molecule has 0 spiro atoms. The Hall–Kier alpha value is -4.50. The van der Waals surface area contributed by atoms with E-state index >= 15 is 0 Å². The molecule has 0 bridgehead atoms. The van der Waals surface area contributed by atoms with Gasteiger partial charge in [-0.25, -0.2) is 19.0 Å². The predicted molar refractivity (Wildman–Crippen MR) is 140 cm³/mol. The van der Waals surface area contributed by atoms with Gasteiger partial charge in [0.25, 0.3) is 0 Å². The Bertz CT molecular complexity index is 1530. The molecule has 4 heterocycles. The van der Waals surface area contributed by atoms with E-state index in [1.807, 2.05) is 0 Å². The van der Waals surface area contributed by atoms with Gasteiger partial charge in [0.15, 0.2) is 17.2 Å². The maximum atomic E-state index is 14.3. The molecule has 3 aromatic heterocycles. The monoisotopic (exact) mass is 533 g/mol. The fourth-order valence-corrected chi connectivity index (χ4v) is 4.71. The summed E-state index contributed by atoms with van der Waals surface area (Å²) in [5.41, 5.74) is 8.79. The standard InChI is InChI=1S/C26H24FN7O3S/c1-2-23(35)33-9-3-5-17(13-33)34-26-24(25(28)30-15-31-26)21(32-34)6-4-10-36-22-11-18(7-8-20(22)27)37-14-19-12-29-16-38-19/h2,7-8,11-12,15-17H,1,3,5,9-10,13-14H2,(H2,28,30,31)/t17-/m1/s1. The van der Waals surface area contributed by atoms with Crippen molar-refractivity contribution in [1.82, 2.24) is 29.6 Å². The summed E-state index contributed by atoms with van der Waals surface area (Å²) < 4.78 is 27.3. The van der Waals surface area contributed by atoms with E-state index in [1.165, 1.54) is 41.9 Å². The number of benzene rings is 1. The van der Waals surface area contributed by atoms with Crippen LogP contribution in [0.5, 0.6) is 11.5 Å². The number of nitrogen functional groups attached to an aromatic ring is 1.